The van der Waals surface area contributed by atoms with Gasteiger partial charge in [-0.25, -0.2) is 4.98 Å². The summed E-state index contributed by atoms with van der Waals surface area (Å²) in [5, 5.41) is 0. The summed E-state index contributed by atoms with van der Waals surface area (Å²) in [5.41, 5.74) is 10.0. The molecule has 0 radical (unpaired) electrons. The highest BCUT2D eigenvalue weighted by Gasteiger charge is 2.19. The van der Waals surface area contributed by atoms with Crippen LogP contribution in [0.1, 0.15) is 22.6 Å². The summed E-state index contributed by atoms with van der Waals surface area (Å²) in [4.78, 5) is 19.3. The van der Waals surface area contributed by atoms with Crippen LogP contribution >= 0.6 is 11.3 Å². The van der Waals surface area contributed by atoms with Gasteiger partial charge in [-0.3, -0.25) is 4.79 Å². The van der Waals surface area contributed by atoms with Crippen LogP contribution in [0.5, 0.6) is 0 Å². The van der Waals surface area contributed by atoms with Gasteiger partial charge in [-0.2, -0.15) is 0 Å². The molecule has 1 aromatic carbocycles. The van der Waals surface area contributed by atoms with Crippen LogP contribution < -0.4 is 5.73 Å². The van der Waals surface area contributed by atoms with Gasteiger partial charge < -0.3 is 10.6 Å². The average molecular weight is 303 g/mol. The number of hydrogen-bond acceptors (Lipinski definition) is 4. The zero-order valence-corrected chi connectivity index (χ0v) is 13.3. The fraction of sp³-hybridized carbons (Fsp3) is 0.375. The highest BCUT2D eigenvalue weighted by molar-refractivity contribution is 7.09. The molecule has 2 rings (SSSR count). The second-order valence-electron chi connectivity index (χ2n) is 5.19. The normalized spacial score (nSPS) is 12.1. The number of nitrogens with two attached hydrogens (primary N) is 1. The molecule has 0 aliphatic heterocycles. The molecule has 0 fully saturated rings. The highest BCUT2D eigenvalue weighted by atomic mass is 32.1. The predicted octanol–water partition coefficient (Wildman–Crippen LogP) is 2.37. The molecule has 4 nitrogen and oxygen atoms in total. The number of benzene rings is 1. The Morgan fingerprint density at radius 1 is 1.38 bits per heavy atom. The summed E-state index contributed by atoms with van der Waals surface area (Å²) in [6, 6.07) is 9.65. The monoisotopic (exact) mass is 303 g/mol. The lowest BCUT2D eigenvalue weighted by Gasteiger charge is -2.21. The average Bonchev–Trinajstić information content (AvgIpc) is 2.90. The summed E-state index contributed by atoms with van der Waals surface area (Å²) in [6.07, 6.45) is 1.48. The molecule has 112 valence electrons. The van der Waals surface area contributed by atoms with E-state index in [4.69, 9.17) is 5.73 Å². The third kappa shape index (κ3) is 4.37. The molecule has 2 aromatic rings. The van der Waals surface area contributed by atoms with E-state index in [0.717, 1.165) is 17.0 Å². The maximum Gasteiger partial charge on any atom is 0.239 e. The molecule has 0 unspecified atom stereocenters. The van der Waals surface area contributed by atoms with Crippen LogP contribution in [-0.4, -0.2) is 28.9 Å². The number of nitrogens with zero attached hydrogens (tertiary/aromatic N) is 2. The Bertz CT molecular complexity index is 582. The topological polar surface area (TPSA) is 59.2 Å². The summed E-state index contributed by atoms with van der Waals surface area (Å²) >= 11 is 1.57. The summed E-state index contributed by atoms with van der Waals surface area (Å²) in [7, 11) is 1.80. The van der Waals surface area contributed by atoms with E-state index in [2.05, 4.69) is 17.1 Å². The summed E-state index contributed by atoms with van der Waals surface area (Å²) < 4.78 is 0. The van der Waals surface area contributed by atoms with Gasteiger partial charge in [-0.05, 0) is 25.3 Å². The van der Waals surface area contributed by atoms with Crippen molar-refractivity contribution < 1.29 is 4.79 Å². The number of aromatic nitrogens is 1. The van der Waals surface area contributed by atoms with E-state index < -0.39 is 6.04 Å². The number of amides is 1. The minimum atomic E-state index is -0.455. The van der Waals surface area contributed by atoms with Crippen molar-refractivity contribution in [2.24, 2.45) is 5.73 Å². The van der Waals surface area contributed by atoms with Crippen molar-refractivity contribution in [3.8, 4) is 0 Å². The van der Waals surface area contributed by atoms with Crippen LogP contribution in [0.2, 0.25) is 0 Å². The van der Waals surface area contributed by atoms with Gasteiger partial charge in [0.15, 0.2) is 0 Å². The van der Waals surface area contributed by atoms with Crippen molar-refractivity contribution in [2.45, 2.75) is 32.4 Å². The molecular formula is C16H21N3OS. The zero-order valence-electron chi connectivity index (χ0n) is 12.5. The number of hydrogen-bond donors (Lipinski definition) is 1. The van der Waals surface area contributed by atoms with Gasteiger partial charge in [0.25, 0.3) is 0 Å². The Labute approximate surface area is 129 Å². The maximum atomic E-state index is 12.3. The van der Waals surface area contributed by atoms with Gasteiger partial charge in [0.2, 0.25) is 5.91 Å². The Kier molecular flexibility index (Phi) is 5.47. The second-order valence-corrected chi connectivity index (χ2v) is 6.13. The molecule has 2 N–H and O–H groups in total. The fourth-order valence-electron chi connectivity index (χ4n) is 2.14. The van der Waals surface area contributed by atoms with E-state index >= 15 is 0 Å². The summed E-state index contributed by atoms with van der Waals surface area (Å²) in [6.45, 7) is 2.54. The van der Waals surface area contributed by atoms with Gasteiger partial charge in [-0.15, -0.1) is 11.3 Å². The fourth-order valence-corrected chi connectivity index (χ4v) is 2.97. The Hall–Kier alpha value is -1.72. The molecule has 1 aromatic heterocycles. The first-order valence-electron chi connectivity index (χ1n) is 7.01. The predicted molar refractivity (Wildman–Crippen MR) is 86.1 cm³/mol. The molecular weight excluding hydrogens is 282 g/mol. The number of carbonyl (C=O) groups excluding carboxylic acids is 1. The Morgan fingerprint density at radius 2 is 2.10 bits per heavy atom. The van der Waals surface area contributed by atoms with Crippen LogP contribution in [0.3, 0.4) is 0 Å². The zero-order chi connectivity index (χ0) is 15.2. The lowest BCUT2D eigenvalue weighted by atomic mass is 10.1. The number of likely N-dealkylation sites (N-methyl/N-ethyl adjacent to an activating group) is 1. The summed E-state index contributed by atoms with van der Waals surface area (Å²) in [5.74, 6) is -0.0151. The molecule has 21 heavy (non-hydrogen) atoms. The van der Waals surface area contributed by atoms with Gasteiger partial charge >= 0.3 is 0 Å². The second kappa shape index (κ2) is 7.33. The minimum absolute atomic E-state index is 0.0151. The number of carbonyl (C=O) groups is 1. The van der Waals surface area contributed by atoms with Crippen molar-refractivity contribution in [2.75, 3.05) is 7.05 Å². The Morgan fingerprint density at radius 3 is 2.71 bits per heavy atom. The van der Waals surface area contributed by atoms with Crippen LogP contribution in [0.15, 0.2) is 35.8 Å². The van der Waals surface area contributed by atoms with Gasteiger partial charge in [0, 0.05) is 11.9 Å². The molecule has 0 saturated heterocycles. The molecule has 1 amide bonds. The Balaban J connectivity index is 1.85. The number of aryl methyl sites for hydroxylation is 2. The molecule has 0 saturated carbocycles. The largest absolute Gasteiger partial charge is 0.339 e. The molecule has 1 atom stereocenters. The van der Waals surface area contributed by atoms with Gasteiger partial charge in [0.05, 0.1) is 23.8 Å². The lowest BCUT2D eigenvalue weighted by Crippen LogP contribution is -2.41. The molecule has 0 aliphatic rings. The van der Waals surface area contributed by atoms with Crippen LogP contribution in [-0.2, 0) is 17.8 Å². The van der Waals surface area contributed by atoms with Crippen LogP contribution in [0, 0.1) is 6.92 Å². The molecule has 1 heterocycles. The van der Waals surface area contributed by atoms with Crippen molar-refractivity contribution in [1.29, 1.82) is 0 Å². The molecule has 0 aliphatic carbocycles. The first-order valence-corrected chi connectivity index (χ1v) is 7.89. The van der Waals surface area contributed by atoms with Gasteiger partial charge in [-0.1, -0.05) is 30.3 Å². The van der Waals surface area contributed by atoms with E-state index in [1.807, 2.05) is 25.1 Å². The first kappa shape index (κ1) is 15.7. The first-order chi connectivity index (χ1) is 10.1. The minimum Gasteiger partial charge on any atom is -0.339 e. The number of rotatable bonds is 6. The van der Waals surface area contributed by atoms with E-state index in [0.29, 0.717) is 13.0 Å². The quantitative estimate of drug-likeness (QED) is 0.891. The van der Waals surface area contributed by atoms with Crippen LogP contribution in [0.4, 0.5) is 0 Å². The highest BCUT2D eigenvalue weighted by Crippen LogP contribution is 2.15. The van der Waals surface area contributed by atoms with Gasteiger partial charge in [0.1, 0.15) is 0 Å². The van der Waals surface area contributed by atoms with E-state index in [-0.39, 0.29) is 5.91 Å². The van der Waals surface area contributed by atoms with Crippen molar-refractivity contribution >= 4 is 17.2 Å². The SMILES string of the molecule is Cc1ncsc1CN(C)C(=O)[C@@H](N)CCc1ccccc1. The smallest absolute Gasteiger partial charge is 0.239 e. The third-order valence-corrected chi connectivity index (χ3v) is 4.43. The standard InChI is InChI=1S/C16H21N3OS/c1-12-15(21-11-18-12)10-19(2)16(20)14(17)9-8-13-6-4-3-5-7-13/h3-7,11,14H,8-10,17H2,1-2H3/t14-/m0/s1. The van der Waals surface area contributed by atoms with E-state index in [1.54, 1.807) is 28.8 Å². The molecule has 0 bridgehead atoms. The lowest BCUT2D eigenvalue weighted by molar-refractivity contribution is -0.131. The van der Waals surface area contributed by atoms with Crippen molar-refractivity contribution in [3.63, 3.8) is 0 Å². The van der Waals surface area contributed by atoms with E-state index in [9.17, 15) is 4.79 Å². The maximum absolute atomic E-state index is 12.3. The van der Waals surface area contributed by atoms with Crippen LogP contribution in [0.25, 0.3) is 0 Å². The van der Waals surface area contributed by atoms with Crippen molar-refractivity contribution in [1.82, 2.24) is 9.88 Å². The van der Waals surface area contributed by atoms with E-state index in [1.165, 1.54) is 5.56 Å². The molecule has 0 spiro atoms. The number of thiazole rings is 1. The molecule has 5 heteroatoms. The van der Waals surface area contributed by atoms with Crippen molar-refractivity contribution in [3.05, 3.63) is 52.0 Å². The third-order valence-electron chi connectivity index (χ3n) is 3.51.